The summed E-state index contributed by atoms with van der Waals surface area (Å²) in [5.74, 6) is -0.146. The molecule has 0 radical (unpaired) electrons. The Labute approximate surface area is 128 Å². The van der Waals surface area contributed by atoms with Crippen molar-refractivity contribution in [1.82, 2.24) is 4.98 Å². The Kier molecular flexibility index (Phi) is 4.29. The molecule has 0 saturated heterocycles. The summed E-state index contributed by atoms with van der Waals surface area (Å²) in [7, 11) is 0. The van der Waals surface area contributed by atoms with Crippen LogP contribution in [0.1, 0.15) is 10.4 Å². The minimum absolute atomic E-state index is 0.227. The average molecular weight is 361 g/mol. The number of hydrogen-bond acceptors (Lipinski definition) is 3. The fourth-order valence-electron chi connectivity index (χ4n) is 1.41. The van der Waals surface area contributed by atoms with E-state index in [1.807, 2.05) is 0 Å². The van der Waals surface area contributed by atoms with Gasteiger partial charge in [0.15, 0.2) is 0 Å². The molecule has 1 heterocycles. The third-order valence-electron chi connectivity index (χ3n) is 2.30. The van der Waals surface area contributed by atoms with E-state index >= 15 is 0 Å². The van der Waals surface area contributed by atoms with E-state index in [-0.39, 0.29) is 22.3 Å². The largest absolute Gasteiger partial charge is 0.384 e. The Hall–Kier alpha value is -1.30. The molecule has 1 aromatic carbocycles. The van der Waals surface area contributed by atoms with Crippen LogP contribution in [0.25, 0.3) is 0 Å². The van der Waals surface area contributed by atoms with Gasteiger partial charge in [-0.1, -0.05) is 23.2 Å². The fraction of sp³-hybridized carbons (Fsp3) is 0. The van der Waals surface area contributed by atoms with Crippen molar-refractivity contribution in [1.29, 1.82) is 0 Å². The van der Waals surface area contributed by atoms with Gasteiger partial charge in [-0.25, -0.2) is 4.98 Å². The van der Waals surface area contributed by atoms with E-state index in [1.54, 1.807) is 18.2 Å². The van der Waals surface area contributed by atoms with Crippen LogP contribution in [0.15, 0.2) is 34.9 Å². The normalized spacial score (nSPS) is 10.3. The van der Waals surface area contributed by atoms with Gasteiger partial charge in [-0.15, -0.1) is 0 Å². The molecule has 0 aliphatic carbocycles. The number of nitrogen functional groups attached to an aromatic ring is 1. The number of nitrogens with one attached hydrogen (secondary N) is 1. The number of benzene rings is 1. The summed E-state index contributed by atoms with van der Waals surface area (Å²) in [5.41, 5.74) is 6.38. The lowest BCUT2D eigenvalue weighted by Crippen LogP contribution is -2.13. The first-order valence-electron chi connectivity index (χ1n) is 5.15. The van der Waals surface area contributed by atoms with E-state index in [4.69, 9.17) is 28.9 Å². The highest BCUT2D eigenvalue weighted by Crippen LogP contribution is 2.27. The molecule has 1 aromatic heterocycles. The average Bonchev–Trinajstić information content (AvgIpc) is 2.35. The van der Waals surface area contributed by atoms with Gasteiger partial charge >= 0.3 is 0 Å². The molecule has 3 N–H and O–H groups in total. The summed E-state index contributed by atoms with van der Waals surface area (Å²) in [6, 6.07) is 6.45. The molecule has 2 rings (SSSR count). The standard InChI is InChI=1S/C12H8BrCl2N3O/c13-8-3-6(14)1-2-10(8)18-12(19)7-4-11(16)17-5-9(7)15/h1-5H,(H2,16,17)(H,18,19). The third kappa shape index (κ3) is 3.37. The van der Waals surface area contributed by atoms with Gasteiger partial charge in [-0.05, 0) is 40.2 Å². The molecule has 19 heavy (non-hydrogen) atoms. The first kappa shape index (κ1) is 14.1. The lowest BCUT2D eigenvalue weighted by molar-refractivity contribution is 0.102. The lowest BCUT2D eigenvalue weighted by atomic mass is 10.2. The number of nitrogens with zero attached hydrogens (tertiary/aromatic N) is 1. The zero-order valence-electron chi connectivity index (χ0n) is 9.45. The number of hydrogen-bond donors (Lipinski definition) is 2. The predicted octanol–water partition coefficient (Wildman–Crippen LogP) is 3.99. The van der Waals surface area contributed by atoms with Crippen LogP contribution in [-0.4, -0.2) is 10.9 Å². The number of anilines is 2. The van der Waals surface area contributed by atoms with Crippen LogP contribution in [0.5, 0.6) is 0 Å². The molecule has 0 saturated carbocycles. The Bertz CT molecular complexity index is 649. The SMILES string of the molecule is Nc1cc(C(=O)Nc2ccc(Cl)cc2Br)c(Cl)cn1. The summed E-state index contributed by atoms with van der Waals surface area (Å²) >= 11 is 15.1. The van der Waals surface area contributed by atoms with Crippen LogP contribution >= 0.6 is 39.1 Å². The van der Waals surface area contributed by atoms with Crippen LogP contribution < -0.4 is 11.1 Å². The molecule has 0 atom stereocenters. The number of aromatic nitrogens is 1. The van der Waals surface area contributed by atoms with E-state index in [0.717, 1.165) is 0 Å². The monoisotopic (exact) mass is 359 g/mol. The fourth-order valence-corrected chi connectivity index (χ4v) is 2.38. The Morgan fingerprint density at radius 2 is 2.05 bits per heavy atom. The van der Waals surface area contributed by atoms with Crippen LogP contribution in [0, 0.1) is 0 Å². The Balaban J connectivity index is 2.28. The van der Waals surface area contributed by atoms with E-state index in [0.29, 0.717) is 15.2 Å². The molecule has 1 amide bonds. The van der Waals surface area contributed by atoms with Gasteiger partial charge in [0.05, 0.1) is 16.3 Å². The van der Waals surface area contributed by atoms with Gasteiger partial charge in [0.2, 0.25) is 0 Å². The maximum atomic E-state index is 12.1. The molecule has 4 nitrogen and oxygen atoms in total. The number of carbonyl (C=O) groups is 1. The summed E-state index contributed by atoms with van der Waals surface area (Å²) in [5, 5.41) is 3.51. The van der Waals surface area contributed by atoms with Crippen LogP contribution in [0.3, 0.4) is 0 Å². The minimum atomic E-state index is -0.373. The topological polar surface area (TPSA) is 68.0 Å². The van der Waals surface area contributed by atoms with E-state index < -0.39 is 0 Å². The highest BCUT2D eigenvalue weighted by Gasteiger charge is 2.13. The molecule has 2 aromatic rings. The molecule has 7 heteroatoms. The van der Waals surface area contributed by atoms with Crippen molar-refractivity contribution in [2.24, 2.45) is 0 Å². The maximum absolute atomic E-state index is 12.1. The maximum Gasteiger partial charge on any atom is 0.257 e. The summed E-state index contributed by atoms with van der Waals surface area (Å²) in [6.07, 6.45) is 1.34. The van der Waals surface area contributed by atoms with Gasteiger partial charge in [0, 0.05) is 15.7 Å². The molecule has 0 unspecified atom stereocenters. The van der Waals surface area contributed by atoms with Crippen molar-refractivity contribution in [3.05, 3.63) is 50.5 Å². The molecular formula is C12H8BrCl2N3O. The quantitative estimate of drug-likeness (QED) is 0.850. The second-order valence-corrected chi connectivity index (χ2v) is 5.37. The minimum Gasteiger partial charge on any atom is -0.384 e. The van der Waals surface area contributed by atoms with Crippen molar-refractivity contribution in [2.75, 3.05) is 11.1 Å². The first-order chi connectivity index (χ1) is 8.97. The molecule has 98 valence electrons. The number of halogens is 3. The molecule has 0 bridgehead atoms. The van der Waals surface area contributed by atoms with Crippen molar-refractivity contribution in [3.63, 3.8) is 0 Å². The van der Waals surface area contributed by atoms with Crippen molar-refractivity contribution >= 4 is 56.5 Å². The van der Waals surface area contributed by atoms with Gasteiger partial charge < -0.3 is 11.1 Å². The summed E-state index contributed by atoms with van der Waals surface area (Å²) in [6.45, 7) is 0. The van der Waals surface area contributed by atoms with Crippen LogP contribution in [0.4, 0.5) is 11.5 Å². The summed E-state index contributed by atoms with van der Waals surface area (Å²) < 4.78 is 0.673. The second-order valence-electron chi connectivity index (χ2n) is 3.67. The number of amides is 1. The van der Waals surface area contributed by atoms with Gasteiger partial charge in [0.1, 0.15) is 5.82 Å². The smallest absolute Gasteiger partial charge is 0.257 e. The van der Waals surface area contributed by atoms with Gasteiger partial charge in [-0.3, -0.25) is 4.79 Å². The van der Waals surface area contributed by atoms with E-state index in [1.165, 1.54) is 12.3 Å². The molecule has 0 aliphatic rings. The lowest BCUT2D eigenvalue weighted by Gasteiger charge is -2.09. The van der Waals surface area contributed by atoms with Gasteiger partial charge in [0.25, 0.3) is 5.91 Å². The van der Waals surface area contributed by atoms with E-state index in [9.17, 15) is 4.79 Å². The Morgan fingerprint density at radius 3 is 2.74 bits per heavy atom. The second kappa shape index (κ2) is 5.77. The number of pyridine rings is 1. The molecular weight excluding hydrogens is 353 g/mol. The predicted molar refractivity (Wildman–Crippen MR) is 80.8 cm³/mol. The van der Waals surface area contributed by atoms with Crippen LogP contribution in [-0.2, 0) is 0 Å². The van der Waals surface area contributed by atoms with Crippen molar-refractivity contribution in [2.45, 2.75) is 0 Å². The highest BCUT2D eigenvalue weighted by atomic mass is 79.9. The van der Waals surface area contributed by atoms with Crippen molar-refractivity contribution in [3.8, 4) is 0 Å². The highest BCUT2D eigenvalue weighted by molar-refractivity contribution is 9.10. The zero-order chi connectivity index (χ0) is 14.0. The number of carbonyl (C=O) groups excluding carboxylic acids is 1. The molecule has 0 fully saturated rings. The first-order valence-corrected chi connectivity index (χ1v) is 6.69. The van der Waals surface area contributed by atoms with Gasteiger partial charge in [-0.2, -0.15) is 0 Å². The number of rotatable bonds is 2. The molecule has 0 spiro atoms. The van der Waals surface area contributed by atoms with Crippen LogP contribution in [0.2, 0.25) is 10.0 Å². The third-order valence-corrected chi connectivity index (χ3v) is 3.49. The summed E-state index contributed by atoms with van der Waals surface area (Å²) in [4.78, 5) is 15.9. The Morgan fingerprint density at radius 1 is 1.32 bits per heavy atom. The zero-order valence-corrected chi connectivity index (χ0v) is 12.6. The van der Waals surface area contributed by atoms with Crippen molar-refractivity contribution < 1.29 is 4.79 Å². The number of nitrogens with two attached hydrogens (primary N) is 1. The van der Waals surface area contributed by atoms with E-state index in [2.05, 4.69) is 26.2 Å². The molecule has 0 aliphatic heterocycles.